The third kappa shape index (κ3) is 2.34. The number of pyridine rings is 1. The zero-order valence-corrected chi connectivity index (χ0v) is 9.55. The molecule has 78 valence electrons. The van der Waals surface area contributed by atoms with E-state index in [1.165, 1.54) is 11.3 Å². The van der Waals surface area contributed by atoms with E-state index < -0.39 is 0 Å². The van der Waals surface area contributed by atoms with Gasteiger partial charge in [-0.2, -0.15) is 0 Å². The van der Waals surface area contributed by atoms with E-state index >= 15 is 0 Å². The summed E-state index contributed by atoms with van der Waals surface area (Å²) in [5.74, 6) is 0. The van der Waals surface area contributed by atoms with Crippen LogP contribution in [0.3, 0.4) is 0 Å². The molecule has 2 rings (SSSR count). The average molecular weight is 240 g/mol. The van der Waals surface area contributed by atoms with E-state index in [2.05, 4.69) is 9.97 Å². The van der Waals surface area contributed by atoms with E-state index in [1.807, 2.05) is 18.2 Å². The highest BCUT2D eigenvalue weighted by Crippen LogP contribution is 2.30. The normalized spacial score (nSPS) is 10.5. The molecular weight excluding hydrogens is 230 g/mol. The Kier molecular flexibility index (Phi) is 3.30. The number of hydrogen-bond acceptors (Lipinski definition) is 4. The number of nitrogens with two attached hydrogens (primary N) is 1. The van der Waals surface area contributed by atoms with Crippen LogP contribution in [0.25, 0.3) is 10.7 Å². The van der Waals surface area contributed by atoms with Gasteiger partial charge in [0.15, 0.2) is 0 Å². The minimum atomic E-state index is 0.561. The Labute approximate surface area is 96.9 Å². The Hall–Kier alpha value is -0.970. The monoisotopic (exact) mass is 239 g/mol. The molecule has 15 heavy (non-hydrogen) atoms. The lowest BCUT2D eigenvalue weighted by molar-refractivity contribution is 0.936. The molecule has 0 unspecified atom stereocenters. The number of rotatable bonds is 3. The molecule has 0 spiro atoms. The molecule has 0 aromatic carbocycles. The fourth-order valence-corrected chi connectivity index (χ4v) is 2.40. The molecular formula is C10H10ClN3S. The maximum Gasteiger partial charge on any atom is 0.143 e. The molecule has 2 heterocycles. The molecule has 0 aliphatic heterocycles. The van der Waals surface area contributed by atoms with Crippen molar-refractivity contribution in [3.8, 4) is 10.7 Å². The van der Waals surface area contributed by atoms with Crippen molar-refractivity contribution in [2.75, 3.05) is 6.54 Å². The second kappa shape index (κ2) is 4.70. The summed E-state index contributed by atoms with van der Waals surface area (Å²) >= 11 is 7.49. The van der Waals surface area contributed by atoms with E-state index in [4.69, 9.17) is 17.3 Å². The maximum absolute atomic E-state index is 6.05. The third-order valence-corrected chi connectivity index (χ3v) is 3.27. The van der Waals surface area contributed by atoms with Crippen LogP contribution in [-0.4, -0.2) is 16.5 Å². The summed E-state index contributed by atoms with van der Waals surface area (Å²) < 4.78 is 0.709. The lowest BCUT2D eigenvalue weighted by Crippen LogP contribution is -2.03. The largest absolute Gasteiger partial charge is 0.330 e. The van der Waals surface area contributed by atoms with Gasteiger partial charge in [0.1, 0.15) is 9.34 Å². The van der Waals surface area contributed by atoms with Crippen LogP contribution in [0.1, 0.15) is 5.69 Å². The van der Waals surface area contributed by atoms with Gasteiger partial charge in [0.05, 0.1) is 11.4 Å². The van der Waals surface area contributed by atoms with Crippen molar-refractivity contribution in [3.63, 3.8) is 0 Å². The summed E-state index contributed by atoms with van der Waals surface area (Å²) in [6.45, 7) is 0.561. The molecule has 3 nitrogen and oxygen atoms in total. The van der Waals surface area contributed by atoms with Gasteiger partial charge < -0.3 is 5.73 Å². The van der Waals surface area contributed by atoms with Crippen molar-refractivity contribution in [2.45, 2.75) is 6.42 Å². The molecule has 0 atom stereocenters. The summed E-state index contributed by atoms with van der Waals surface area (Å²) in [7, 11) is 0. The molecule has 0 aliphatic carbocycles. The van der Waals surface area contributed by atoms with E-state index in [1.54, 1.807) is 6.20 Å². The van der Waals surface area contributed by atoms with Crippen LogP contribution in [0.2, 0.25) is 4.34 Å². The molecule has 2 N–H and O–H groups in total. The van der Waals surface area contributed by atoms with Crippen molar-refractivity contribution in [2.24, 2.45) is 5.73 Å². The number of thiazole rings is 1. The molecule has 0 fully saturated rings. The number of halogens is 1. The third-order valence-electron chi connectivity index (χ3n) is 1.91. The quantitative estimate of drug-likeness (QED) is 0.895. The summed E-state index contributed by atoms with van der Waals surface area (Å²) in [5.41, 5.74) is 7.19. The van der Waals surface area contributed by atoms with Crippen LogP contribution in [0, 0.1) is 0 Å². The Morgan fingerprint density at radius 3 is 2.93 bits per heavy atom. The second-order valence-corrected chi connectivity index (χ2v) is 4.59. The molecule has 0 amide bonds. The van der Waals surface area contributed by atoms with Crippen molar-refractivity contribution >= 4 is 22.9 Å². The molecule has 0 aliphatic rings. The van der Waals surface area contributed by atoms with Crippen LogP contribution in [-0.2, 0) is 6.42 Å². The zero-order valence-electron chi connectivity index (χ0n) is 7.98. The van der Waals surface area contributed by atoms with Gasteiger partial charge in [-0.25, -0.2) is 4.98 Å². The first kappa shape index (κ1) is 10.5. The fourth-order valence-electron chi connectivity index (χ4n) is 1.22. The molecule has 0 saturated carbocycles. The second-order valence-electron chi connectivity index (χ2n) is 2.99. The SMILES string of the molecule is NCCc1nc(-c2ccccn2)sc1Cl. The van der Waals surface area contributed by atoms with Gasteiger partial charge >= 0.3 is 0 Å². The first-order valence-electron chi connectivity index (χ1n) is 4.58. The predicted molar refractivity (Wildman–Crippen MR) is 63.1 cm³/mol. The van der Waals surface area contributed by atoms with Gasteiger partial charge in [-0.15, -0.1) is 0 Å². The molecule has 0 bridgehead atoms. The molecule has 2 aromatic heterocycles. The predicted octanol–water partition coefficient (Wildman–Crippen LogP) is 2.36. The van der Waals surface area contributed by atoms with Gasteiger partial charge in [-0.3, -0.25) is 4.98 Å². The van der Waals surface area contributed by atoms with Gasteiger partial charge in [0, 0.05) is 12.6 Å². The maximum atomic E-state index is 6.05. The first-order chi connectivity index (χ1) is 7.31. The van der Waals surface area contributed by atoms with Gasteiger partial charge in [-0.1, -0.05) is 29.0 Å². The number of hydrogen-bond donors (Lipinski definition) is 1. The molecule has 5 heteroatoms. The van der Waals surface area contributed by atoms with Gasteiger partial charge in [0.2, 0.25) is 0 Å². The van der Waals surface area contributed by atoms with Crippen LogP contribution < -0.4 is 5.73 Å². The van der Waals surface area contributed by atoms with Crippen molar-refractivity contribution in [1.82, 2.24) is 9.97 Å². The van der Waals surface area contributed by atoms with E-state index in [0.29, 0.717) is 17.3 Å². The summed E-state index contributed by atoms with van der Waals surface area (Å²) in [4.78, 5) is 8.64. The highest BCUT2D eigenvalue weighted by atomic mass is 35.5. The molecule has 0 radical (unpaired) electrons. The fraction of sp³-hybridized carbons (Fsp3) is 0.200. The zero-order chi connectivity index (χ0) is 10.7. The van der Waals surface area contributed by atoms with Crippen LogP contribution >= 0.6 is 22.9 Å². The van der Waals surface area contributed by atoms with Crippen LogP contribution in [0.4, 0.5) is 0 Å². The van der Waals surface area contributed by atoms with Crippen LogP contribution in [0.5, 0.6) is 0 Å². The lowest BCUT2D eigenvalue weighted by Gasteiger charge is -1.92. The Balaban J connectivity index is 2.34. The Bertz CT molecular complexity index is 441. The summed E-state index contributed by atoms with van der Waals surface area (Å²) in [6.07, 6.45) is 2.45. The van der Waals surface area contributed by atoms with Crippen molar-refractivity contribution < 1.29 is 0 Å². The topological polar surface area (TPSA) is 51.8 Å². The Morgan fingerprint density at radius 2 is 2.27 bits per heavy atom. The minimum Gasteiger partial charge on any atom is -0.330 e. The number of nitrogens with zero attached hydrogens (tertiary/aromatic N) is 2. The van der Waals surface area contributed by atoms with Crippen molar-refractivity contribution in [1.29, 1.82) is 0 Å². The highest BCUT2D eigenvalue weighted by molar-refractivity contribution is 7.19. The van der Waals surface area contributed by atoms with E-state index in [-0.39, 0.29) is 0 Å². The highest BCUT2D eigenvalue weighted by Gasteiger charge is 2.10. The van der Waals surface area contributed by atoms with E-state index in [9.17, 15) is 0 Å². The standard InChI is InChI=1S/C10H10ClN3S/c11-9-7(4-5-12)14-10(15-9)8-3-1-2-6-13-8/h1-3,6H,4-5,12H2. The van der Waals surface area contributed by atoms with Gasteiger partial charge in [0.25, 0.3) is 0 Å². The van der Waals surface area contributed by atoms with Crippen molar-refractivity contribution in [3.05, 3.63) is 34.4 Å². The Morgan fingerprint density at radius 1 is 1.40 bits per heavy atom. The molecule has 0 saturated heterocycles. The minimum absolute atomic E-state index is 0.561. The first-order valence-corrected chi connectivity index (χ1v) is 5.77. The number of aromatic nitrogens is 2. The summed E-state index contributed by atoms with van der Waals surface area (Å²) in [5, 5.41) is 0.851. The lowest BCUT2D eigenvalue weighted by atomic mass is 10.3. The molecule has 2 aromatic rings. The van der Waals surface area contributed by atoms with E-state index in [0.717, 1.165) is 16.4 Å². The summed E-state index contributed by atoms with van der Waals surface area (Å²) in [6, 6.07) is 5.72. The average Bonchev–Trinajstić information content (AvgIpc) is 2.63. The van der Waals surface area contributed by atoms with Gasteiger partial charge in [-0.05, 0) is 18.7 Å². The smallest absolute Gasteiger partial charge is 0.143 e. The van der Waals surface area contributed by atoms with Crippen LogP contribution in [0.15, 0.2) is 24.4 Å².